The van der Waals surface area contributed by atoms with Gasteiger partial charge < -0.3 is 14.4 Å². The second-order valence-electron chi connectivity index (χ2n) is 5.88. The smallest absolute Gasteiger partial charge is 0.337 e. The van der Waals surface area contributed by atoms with Crippen LogP contribution in [0.4, 0.5) is 10.1 Å². The molecule has 3 rings (SSSR count). The van der Waals surface area contributed by atoms with Gasteiger partial charge in [0.05, 0.1) is 19.3 Å². The second-order valence-corrected chi connectivity index (χ2v) is 5.88. The molecule has 0 bridgehead atoms. The molecule has 27 heavy (non-hydrogen) atoms. The molecule has 6 heteroatoms. The van der Waals surface area contributed by atoms with Crippen LogP contribution in [0.15, 0.2) is 48.5 Å². The van der Waals surface area contributed by atoms with Crippen LogP contribution in [0.1, 0.15) is 30.6 Å². The van der Waals surface area contributed by atoms with Crippen molar-refractivity contribution in [1.29, 1.82) is 0 Å². The van der Waals surface area contributed by atoms with Crippen LogP contribution in [0.25, 0.3) is 0 Å². The minimum Gasteiger partial charge on any atom is -0.493 e. The van der Waals surface area contributed by atoms with E-state index in [0.717, 1.165) is 0 Å². The molecule has 0 aliphatic carbocycles. The summed E-state index contributed by atoms with van der Waals surface area (Å²) in [6, 6.07) is 12.5. The Hall–Kier alpha value is -2.89. The van der Waals surface area contributed by atoms with E-state index in [1.54, 1.807) is 41.3 Å². The van der Waals surface area contributed by atoms with E-state index >= 15 is 0 Å². The van der Waals surface area contributed by atoms with Crippen molar-refractivity contribution in [3.05, 3.63) is 59.9 Å². The van der Waals surface area contributed by atoms with Gasteiger partial charge in [-0.1, -0.05) is 13.8 Å². The van der Waals surface area contributed by atoms with Crippen molar-refractivity contribution in [2.45, 2.75) is 20.3 Å². The molecule has 5 nitrogen and oxygen atoms in total. The topological polar surface area (TPSA) is 55.8 Å². The Labute approximate surface area is 158 Å². The first kappa shape index (κ1) is 20.4. The third kappa shape index (κ3) is 5.29. The number of benzene rings is 2. The molecule has 1 atom stereocenters. The number of hydrogen-bond donors (Lipinski definition) is 0. The van der Waals surface area contributed by atoms with Crippen LogP contribution in [0.2, 0.25) is 0 Å². The first-order valence-corrected chi connectivity index (χ1v) is 8.94. The second kappa shape index (κ2) is 9.71. The molecule has 0 spiro atoms. The van der Waals surface area contributed by atoms with Crippen molar-refractivity contribution in [3.63, 3.8) is 0 Å². The van der Waals surface area contributed by atoms with Crippen molar-refractivity contribution in [2.75, 3.05) is 25.2 Å². The van der Waals surface area contributed by atoms with E-state index in [9.17, 15) is 14.0 Å². The van der Waals surface area contributed by atoms with E-state index in [1.807, 2.05) is 13.8 Å². The summed E-state index contributed by atoms with van der Waals surface area (Å²) in [5.41, 5.74) is 1.14. The monoisotopic (exact) mass is 373 g/mol. The van der Waals surface area contributed by atoms with E-state index in [2.05, 4.69) is 4.74 Å². The van der Waals surface area contributed by atoms with Gasteiger partial charge in [-0.05, 0) is 48.5 Å². The van der Waals surface area contributed by atoms with E-state index in [0.29, 0.717) is 36.6 Å². The van der Waals surface area contributed by atoms with Crippen LogP contribution < -0.4 is 9.64 Å². The zero-order valence-corrected chi connectivity index (χ0v) is 15.8. The number of carbonyl (C=O) groups is 2. The van der Waals surface area contributed by atoms with Gasteiger partial charge >= 0.3 is 5.97 Å². The average molecular weight is 373 g/mol. The van der Waals surface area contributed by atoms with E-state index in [1.165, 1.54) is 19.2 Å². The third-order valence-electron chi connectivity index (χ3n) is 4.10. The number of carbonyl (C=O) groups excluding carboxylic acids is 2. The highest BCUT2D eigenvalue weighted by Gasteiger charge is 2.31. The predicted molar refractivity (Wildman–Crippen MR) is 101 cm³/mol. The first-order chi connectivity index (χ1) is 13.1. The summed E-state index contributed by atoms with van der Waals surface area (Å²) >= 11 is 0. The lowest BCUT2D eigenvalue weighted by atomic mass is 10.1. The van der Waals surface area contributed by atoms with Crippen molar-refractivity contribution >= 4 is 17.6 Å². The Bertz CT molecular complexity index is 759. The van der Waals surface area contributed by atoms with Crippen LogP contribution in [-0.4, -0.2) is 32.1 Å². The zero-order chi connectivity index (χ0) is 19.8. The van der Waals surface area contributed by atoms with Gasteiger partial charge in [0.15, 0.2) is 0 Å². The molecule has 0 aromatic heterocycles. The SMILES string of the molecule is CC.COC(=O)c1ccc(OCC2CC(=O)N(c3ccc(F)cc3)C2)cc1. The third-order valence-corrected chi connectivity index (χ3v) is 4.10. The summed E-state index contributed by atoms with van der Waals surface area (Å²) in [5, 5.41) is 0. The van der Waals surface area contributed by atoms with E-state index < -0.39 is 5.97 Å². The predicted octanol–water partition coefficient (Wildman–Crippen LogP) is 4.07. The number of halogens is 1. The number of nitrogens with zero attached hydrogens (tertiary/aromatic N) is 1. The molecule has 144 valence electrons. The van der Waals surface area contributed by atoms with Crippen molar-refractivity contribution < 1.29 is 23.5 Å². The summed E-state index contributed by atoms with van der Waals surface area (Å²) in [6.45, 7) is 4.92. The first-order valence-electron chi connectivity index (χ1n) is 8.94. The number of anilines is 1. The number of rotatable bonds is 5. The molecule has 1 fully saturated rings. The Morgan fingerprint density at radius 2 is 1.74 bits per heavy atom. The summed E-state index contributed by atoms with van der Waals surface area (Å²) in [6.07, 6.45) is 0.387. The lowest BCUT2D eigenvalue weighted by Crippen LogP contribution is -2.25. The lowest BCUT2D eigenvalue weighted by molar-refractivity contribution is -0.117. The van der Waals surface area contributed by atoms with Gasteiger partial charge in [0, 0.05) is 24.6 Å². The minimum absolute atomic E-state index is 0.00115. The van der Waals surface area contributed by atoms with Gasteiger partial charge in [0.25, 0.3) is 0 Å². The van der Waals surface area contributed by atoms with Gasteiger partial charge in [0.2, 0.25) is 5.91 Å². The standard InChI is InChI=1S/C19H18FNO4.C2H6/c1-24-19(23)14-2-8-17(9-3-14)25-12-13-10-18(22)21(11-13)16-6-4-15(20)5-7-16;1-2/h2-9,13H,10-12H2,1H3;1-2H3. The molecule has 1 aliphatic rings. The number of amides is 1. The molecular weight excluding hydrogens is 349 g/mol. The van der Waals surface area contributed by atoms with Crippen LogP contribution in [-0.2, 0) is 9.53 Å². The molecule has 2 aromatic carbocycles. The fourth-order valence-electron chi connectivity index (χ4n) is 2.78. The molecule has 1 saturated heterocycles. The highest BCUT2D eigenvalue weighted by Crippen LogP contribution is 2.26. The number of hydrogen-bond acceptors (Lipinski definition) is 4. The Kier molecular flexibility index (Phi) is 7.34. The molecule has 1 unspecified atom stereocenters. The van der Waals surface area contributed by atoms with E-state index in [4.69, 9.17) is 4.74 Å². The van der Waals surface area contributed by atoms with Gasteiger partial charge in [-0.15, -0.1) is 0 Å². The van der Waals surface area contributed by atoms with Crippen LogP contribution in [0.5, 0.6) is 5.75 Å². The van der Waals surface area contributed by atoms with Crippen molar-refractivity contribution in [2.24, 2.45) is 5.92 Å². The Morgan fingerprint density at radius 1 is 1.11 bits per heavy atom. The molecule has 0 saturated carbocycles. The summed E-state index contributed by atoms with van der Waals surface area (Å²) in [7, 11) is 1.33. The highest BCUT2D eigenvalue weighted by molar-refractivity contribution is 5.95. The van der Waals surface area contributed by atoms with Crippen molar-refractivity contribution in [1.82, 2.24) is 0 Å². The Balaban J connectivity index is 0.00000126. The molecule has 1 aliphatic heterocycles. The van der Waals surface area contributed by atoms with Crippen LogP contribution in [0, 0.1) is 11.7 Å². The molecule has 1 heterocycles. The van der Waals surface area contributed by atoms with Crippen LogP contribution >= 0.6 is 0 Å². The van der Waals surface area contributed by atoms with Crippen LogP contribution in [0.3, 0.4) is 0 Å². The minimum atomic E-state index is -0.400. The summed E-state index contributed by atoms with van der Waals surface area (Å²) < 4.78 is 23.4. The molecule has 0 radical (unpaired) electrons. The zero-order valence-electron chi connectivity index (χ0n) is 15.8. The molecule has 0 N–H and O–H groups in total. The molecule has 1 amide bonds. The van der Waals surface area contributed by atoms with Gasteiger partial charge in [-0.3, -0.25) is 4.79 Å². The summed E-state index contributed by atoms with van der Waals surface area (Å²) in [4.78, 5) is 25.2. The van der Waals surface area contributed by atoms with Gasteiger partial charge in [-0.25, -0.2) is 9.18 Å². The average Bonchev–Trinajstić information content (AvgIpc) is 3.09. The molecular formula is C21H24FNO4. The van der Waals surface area contributed by atoms with E-state index in [-0.39, 0.29) is 17.6 Å². The normalized spacial score (nSPS) is 15.8. The maximum absolute atomic E-state index is 13.0. The summed E-state index contributed by atoms with van der Waals surface area (Å²) in [5.74, 6) is -0.0482. The quantitative estimate of drug-likeness (QED) is 0.742. The Morgan fingerprint density at radius 3 is 2.33 bits per heavy atom. The highest BCUT2D eigenvalue weighted by atomic mass is 19.1. The maximum atomic E-state index is 13.0. The number of esters is 1. The molecule has 2 aromatic rings. The fourth-order valence-corrected chi connectivity index (χ4v) is 2.78. The fraction of sp³-hybridized carbons (Fsp3) is 0.333. The number of ether oxygens (including phenoxy) is 2. The number of methoxy groups -OCH3 is 1. The van der Waals surface area contributed by atoms with Gasteiger partial charge in [-0.2, -0.15) is 0 Å². The largest absolute Gasteiger partial charge is 0.493 e. The maximum Gasteiger partial charge on any atom is 0.337 e. The lowest BCUT2D eigenvalue weighted by Gasteiger charge is -2.17. The van der Waals surface area contributed by atoms with Gasteiger partial charge in [0.1, 0.15) is 11.6 Å². The van der Waals surface area contributed by atoms with Crippen molar-refractivity contribution in [3.8, 4) is 5.75 Å².